The minimum atomic E-state index is -0.733. The fourth-order valence-corrected chi connectivity index (χ4v) is 3.74. The van der Waals surface area contributed by atoms with Crippen molar-refractivity contribution in [2.75, 3.05) is 19.1 Å². The Morgan fingerprint density at radius 2 is 1.73 bits per heavy atom. The number of benzene rings is 3. The van der Waals surface area contributed by atoms with Crippen molar-refractivity contribution >= 4 is 40.1 Å². The van der Waals surface area contributed by atoms with Gasteiger partial charge in [0.2, 0.25) is 0 Å². The number of rotatable bonds is 9. The van der Waals surface area contributed by atoms with Gasteiger partial charge >= 0.3 is 0 Å². The number of amides is 2. The first-order valence-electron chi connectivity index (χ1n) is 10.7. The Balaban J connectivity index is 1.82. The molecule has 33 heavy (non-hydrogen) atoms. The number of likely N-dealkylation sites (N-methyl/N-ethyl adjacent to an activating group) is 1. The third kappa shape index (κ3) is 6.95. The van der Waals surface area contributed by atoms with Crippen LogP contribution in [0.4, 0.5) is 5.69 Å². The van der Waals surface area contributed by atoms with Crippen molar-refractivity contribution in [1.82, 2.24) is 10.3 Å². The largest absolute Gasteiger partial charge is 0.497 e. The van der Waals surface area contributed by atoms with E-state index in [0.717, 1.165) is 26.1 Å². The first kappa shape index (κ1) is 24.6. The van der Waals surface area contributed by atoms with Crippen LogP contribution in [0, 0.1) is 10.5 Å². The van der Waals surface area contributed by atoms with Crippen molar-refractivity contribution < 1.29 is 14.3 Å². The summed E-state index contributed by atoms with van der Waals surface area (Å²) in [5.74, 6) is 0.243. The second kappa shape index (κ2) is 11.7. The summed E-state index contributed by atoms with van der Waals surface area (Å²) in [5, 5.41) is 4.47. The molecule has 2 amide bonds. The number of carbonyl (C=O) groups is 2. The fraction of sp³-hybridized carbons (Fsp3) is 0.231. The van der Waals surface area contributed by atoms with E-state index in [0.29, 0.717) is 18.5 Å². The fourth-order valence-electron chi connectivity index (χ4n) is 3.38. The molecule has 0 saturated heterocycles. The van der Waals surface area contributed by atoms with Crippen molar-refractivity contribution in [2.24, 2.45) is 0 Å². The number of nitrogens with one attached hydrogen (secondary N) is 2. The van der Waals surface area contributed by atoms with Crippen LogP contribution in [-0.4, -0.2) is 36.5 Å². The van der Waals surface area contributed by atoms with Crippen molar-refractivity contribution in [3.63, 3.8) is 0 Å². The Morgan fingerprint density at radius 1 is 1.03 bits per heavy atom. The van der Waals surface area contributed by atoms with Crippen LogP contribution in [0.1, 0.15) is 28.4 Å². The number of ether oxygens (including phenoxy) is 1. The predicted molar refractivity (Wildman–Crippen MR) is 139 cm³/mol. The van der Waals surface area contributed by atoms with E-state index in [4.69, 9.17) is 4.74 Å². The lowest BCUT2D eigenvalue weighted by Gasteiger charge is -2.28. The molecule has 3 aromatic carbocycles. The minimum absolute atomic E-state index is 0.215. The SMILES string of the molecule is CCN(Nc1ccc(OC)cc1)C(=O)C(Cc1ccc(I)cc1)NC(=O)c1cccc(C)c1. The quantitative estimate of drug-likeness (QED) is 0.292. The molecule has 6 nitrogen and oxygen atoms in total. The Morgan fingerprint density at radius 3 is 2.33 bits per heavy atom. The number of anilines is 1. The average molecular weight is 557 g/mol. The molecule has 0 heterocycles. The molecule has 0 spiro atoms. The normalized spacial score (nSPS) is 11.4. The van der Waals surface area contributed by atoms with E-state index in [1.807, 2.05) is 80.6 Å². The van der Waals surface area contributed by atoms with Crippen molar-refractivity contribution in [3.05, 3.63) is 93.1 Å². The highest BCUT2D eigenvalue weighted by Gasteiger charge is 2.26. The van der Waals surface area contributed by atoms with E-state index >= 15 is 0 Å². The first-order chi connectivity index (χ1) is 15.9. The molecule has 0 fully saturated rings. The molecule has 3 rings (SSSR count). The van der Waals surface area contributed by atoms with Crippen molar-refractivity contribution in [2.45, 2.75) is 26.3 Å². The Bertz CT molecular complexity index is 1080. The third-order valence-corrected chi connectivity index (χ3v) is 5.89. The minimum Gasteiger partial charge on any atom is -0.497 e. The summed E-state index contributed by atoms with van der Waals surface area (Å²) < 4.78 is 6.31. The van der Waals surface area contributed by atoms with E-state index < -0.39 is 6.04 Å². The summed E-state index contributed by atoms with van der Waals surface area (Å²) in [6, 6.07) is 21.9. The Kier molecular flexibility index (Phi) is 8.71. The van der Waals surface area contributed by atoms with Crippen molar-refractivity contribution in [1.29, 1.82) is 0 Å². The van der Waals surface area contributed by atoms with Gasteiger partial charge < -0.3 is 10.1 Å². The summed E-state index contributed by atoms with van der Waals surface area (Å²) >= 11 is 2.24. The predicted octanol–water partition coefficient (Wildman–Crippen LogP) is 4.82. The number of methoxy groups -OCH3 is 1. The molecular weight excluding hydrogens is 529 g/mol. The standard InChI is InChI=1S/C26H28IN3O3/c1-4-30(29-22-12-14-23(33-3)15-13-22)26(32)24(17-19-8-10-21(27)11-9-19)28-25(31)20-7-5-6-18(2)16-20/h5-16,24,29H,4,17H2,1-3H3,(H,28,31). The second-order valence-corrected chi connectivity index (χ2v) is 8.89. The van der Waals surface area contributed by atoms with Gasteiger partial charge in [0, 0.05) is 22.1 Å². The first-order valence-corrected chi connectivity index (χ1v) is 11.8. The van der Waals surface area contributed by atoms with E-state index in [9.17, 15) is 9.59 Å². The Labute approximate surface area is 208 Å². The van der Waals surface area contributed by atoms with Gasteiger partial charge in [-0.3, -0.25) is 20.0 Å². The Hall–Kier alpha value is -3.07. The number of hydrazine groups is 1. The highest BCUT2D eigenvalue weighted by molar-refractivity contribution is 14.1. The summed E-state index contributed by atoms with van der Waals surface area (Å²) in [5.41, 5.74) is 6.39. The van der Waals surface area contributed by atoms with Gasteiger partial charge in [0.05, 0.1) is 12.8 Å². The van der Waals surface area contributed by atoms with Gasteiger partial charge in [-0.2, -0.15) is 0 Å². The third-order valence-electron chi connectivity index (χ3n) is 5.17. The van der Waals surface area contributed by atoms with E-state index in [1.54, 1.807) is 13.2 Å². The molecule has 1 atom stereocenters. The molecule has 0 aliphatic heterocycles. The van der Waals surface area contributed by atoms with Crippen LogP contribution < -0.4 is 15.5 Å². The lowest BCUT2D eigenvalue weighted by atomic mass is 10.0. The van der Waals surface area contributed by atoms with Gasteiger partial charge in [0.15, 0.2) is 0 Å². The van der Waals surface area contributed by atoms with E-state index in [1.165, 1.54) is 5.01 Å². The maximum atomic E-state index is 13.5. The topological polar surface area (TPSA) is 70.7 Å². The number of nitrogens with zero attached hydrogens (tertiary/aromatic N) is 1. The van der Waals surface area contributed by atoms with Gasteiger partial charge in [-0.1, -0.05) is 29.8 Å². The van der Waals surface area contributed by atoms with Crippen molar-refractivity contribution in [3.8, 4) is 5.75 Å². The molecule has 172 valence electrons. The zero-order valence-corrected chi connectivity index (χ0v) is 21.1. The molecular formula is C26H28IN3O3. The van der Waals surface area contributed by atoms with Crippen LogP contribution in [-0.2, 0) is 11.2 Å². The van der Waals surface area contributed by atoms with Crippen LogP contribution >= 0.6 is 22.6 Å². The maximum Gasteiger partial charge on any atom is 0.263 e. The highest BCUT2D eigenvalue weighted by Crippen LogP contribution is 2.17. The molecule has 0 aromatic heterocycles. The molecule has 2 N–H and O–H groups in total. The van der Waals surface area contributed by atoms with Crippen LogP contribution in [0.5, 0.6) is 5.75 Å². The van der Waals surface area contributed by atoms with E-state index in [2.05, 4.69) is 33.3 Å². The van der Waals surface area contributed by atoms with Gasteiger partial charge in [0.25, 0.3) is 11.8 Å². The highest BCUT2D eigenvalue weighted by atomic mass is 127. The molecule has 0 saturated carbocycles. The zero-order chi connectivity index (χ0) is 23.8. The molecule has 7 heteroatoms. The van der Waals surface area contributed by atoms with Gasteiger partial charge in [0.1, 0.15) is 11.8 Å². The second-order valence-electron chi connectivity index (χ2n) is 7.65. The summed E-state index contributed by atoms with van der Waals surface area (Å²) in [6.45, 7) is 4.25. The molecule has 3 aromatic rings. The lowest BCUT2D eigenvalue weighted by molar-refractivity contribution is -0.131. The van der Waals surface area contributed by atoms with Crippen LogP contribution in [0.3, 0.4) is 0 Å². The monoisotopic (exact) mass is 557 g/mol. The molecule has 1 unspecified atom stereocenters. The molecule has 0 radical (unpaired) electrons. The van der Waals surface area contributed by atoms with Crippen LogP contribution in [0.15, 0.2) is 72.8 Å². The van der Waals surface area contributed by atoms with Gasteiger partial charge in [-0.25, -0.2) is 0 Å². The van der Waals surface area contributed by atoms with E-state index in [-0.39, 0.29) is 11.8 Å². The number of carbonyl (C=O) groups excluding carboxylic acids is 2. The number of halogens is 1. The molecule has 0 aliphatic rings. The molecule has 0 aliphatic carbocycles. The summed E-state index contributed by atoms with van der Waals surface area (Å²) in [7, 11) is 1.61. The summed E-state index contributed by atoms with van der Waals surface area (Å²) in [6.07, 6.45) is 0.383. The number of hydrogen-bond donors (Lipinski definition) is 2. The number of hydrogen-bond acceptors (Lipinski definition) is 4. The number of aryl methyl sites for hydroxylation is 1. The average Bonchev–Trinajstić information content (AvgIpc) is 2.83. The maximum absolute atomic E-state index is 13.5. The van der Waals surface area contributed by atoms with Gasteiger partial charge in [-0.05, 0) is 90.5 Å². The summed E-state index contributed by atoms with van der Waals surface area (Å²) in [4.78, 5) is 26.5. The van der Waals surface area contributed by atoms with Gasteiger partial charge in [-0.15, -0.1) is 0 Å². The zero-order valence-electron chi connectivity index (χ0n) is 19.0. The van der Waals surface area contributed by atoms with Crippen LogP contribution in [0.25, 0.3) is 0 Å². The lowest BCUT2D eigenvalue weighted by Crippen LogP contribution is -2.51. The smallest absolute Gasteiger partial charge is 0.263 e. The van der Waals surface area contributed by atoms with Crippen LogP contribution in [0.2, 0.25) is 0 Å². The molecule has 0 bridgehead atoms.